The van der Waals surface area contributed by atoms with Gasteiger partial charge in [0, 0.05) is 0 Å². The Bertz CT molecular complexity index is 331. The second-order valence-electron chi connectivity index (χ2n) is 4.73. The van der Waals surface area contributed by atoms with Gasteiger partial charge in [0.05, 0.1) is 12.1 Å². The molecular formula is C12H19NO3. The zero-order valence-electron chi connectivity index (χ0n) is 10.2. The Balaban J connectivity index is 2.61. The summed E-state index contributed by atoms with van der Waals surface area (Å²) >= 11 is 0. The van der Waals surface area contributed by atoms with Gasteiger partial charge in [-0.25, -0.2) is 0 Å². The molecule has 0 aliphatic heterocycles. The molecule has 1 fully saturated rings. The van der Waals surface area contributed by atoms with E-state index in [4.69, 9.17) is 9.94 Å². The van der Waals surface area contributed by atoms with E-state index in [1.165, 1.54) is 0 Å². The monoisotopic (exact) mass is 225 g/mol. The van der Waals surface area contributed by atoms with Gasteiger partial charge in [-0.15, -0.1) is 0 Å². The molecule has 0 spiro atoms. The molecular weight excluding hydrogens is 206 g/mol. The van der Waals surface area contributed by atoms with Crippen molar-refractivity contribution in [2.45, 2.75) is 27.7 Å². The van der Waals surface area contributed by atoms with Crippen molar-refractivity contribution >= 4 is 12.2 Å². The highest BCUT2D eigenvalue weighted by atomic mass is 16.6. The molecule has 4 heteroatoms. The highest BCUT2D eigenvalue weighted by Gasteiger charge is 2.60. The number of hydrogen-bond donors (Lipinski definition) is 1. The van der Waals surface area contributed by atoms with Crippen molar-refractivity contribution < 1.29 is 14.7 Å². The Morgan fingerprint density at radius 3 is 2.62 bits per heavy atom. The van der Waals surface area contributed by atoms with E-state index < -0.39 is 5.97 Å². The van der Waals surface area contributed by atoms with Crippen LogP contribution in [-0.4, -0.2) is 23.9 Å². The number of carbonyl (C=O) groups is 1. The standard InChI is InChI=1S/C12H19NO3/c1-5-16-13-7-8(2)6-9-10(11(14)15)12(9,3)4/h6-7,9-10H,5H2,1-4H3,(H,14,15)/t9?,10-/m0/s1. The molecule has 1 N–H and O–H groups in total. The molecule has 1 aliphatic rings. The Morgan fingerprint density at radius 1 is 1.56 bits per heavy atom. The number of carboxylic acid groups (broad SMARTS) is 1. The number of allylic oxidation sites excluding steroid dienone is 2. The highest BCUT2D eigenvalue weighted by molar-refractivity contribution is 5.80. The predicted octanol–water partition coefficient (Wildman–Crippen LogP) is 2.31. The topological polar surface area (TPSA) is 58.9 Å². The molecule has 2 atom stereocenters. The summed E-state index contributed by atoms with van der Waals surface area (Å²) in [4.78, 5) is 15.8. The second kappa shape index (κ2) is 4.68. The van der Waals surface area contributed by atoms with Crippen LogP contribution in [0.1, 0.15) is 27.7 Å². The maximum atomic E-state index is 10.9. The second-order valence-corrected chi connectivity index (χ2v) is 4.73. The first-order chi connectivity index (χ1) is 7.41. The summed E-state index contributed by atoms with van der Waals surface area (Å²) < 4.78 is 0. The van der Waals surface area contributed by atoms with Crippen molar-refractivity contribution in [1.29, 1.82) is 0 Å². The number of nitrogens with zero attached hydrogens (tertiary/aromatic N) is 1. The average molecular weight is 225 g/mol. The largest absolute Gasteiger partial charge is 0.481 e. The van der Waals surface area contributed by atoms with E-state index in [-0.39, 0.29) is 17.3 Å². The van der Waals surface area contributed by atoms with Crippen LogP contribution in [0.25, 0.3) is 0 Å². The summed E-state index contributed by atoms with van der Waals surface area (Å²) in [5.74, 6) is -0.901. The third kappa shape index (κ3) is 2.62. The summed E-state index contributed by atoms with van der Waals surface area (Å²) in [5, 5.41) is 12.7. The average Bonchev–Trinajstić information content (AvgIpc) is 2.68. The molecule has 4 nitrogen and oxygen atoms in total. The SMILES string of the molecule is CCON=CC(C)=CC1[C@@H](C(=O)O)C1(C)C. The third-order valence-corrected chi connectivity index (χ3v) is 3.08. The molecule has 0 radical (unpaired) electrons. The number of aliphatic carboxylic acids is 1. The Hall–Kier alpha value is -1.32. The predicted molar refractivity (Wildman–Crippen MR) is 62.3 cm³/mol. The minimum atomic E-state index is -0.721. The van der Waals surface area contributed by atoms with Gasteiger partial charge in [-0.3, -0.25) is 4.79 Å². The maximum Gasteiger partial charge on any atom is 0.307 e. The van der Waals surface area contributed by atoms with Crippen molar-refractivity contribution in [2.75, 3.05) is 6.61 Å². The molecule has 1 unspecified atom stereocenters. The minimum absolute atomic E-state index is 0.0954. The van der Waals surface area contributed by atoms with E-state index in [0.29, 0.717) is 6.61 Å². The Morgan fingerprint density at radius 2 is 2.19 bits per heavy atom. The lowest BCUT2D eigenvalue weighted by Crippen LogP contribution is -2.03. The molecule has 1 aliphatic carbocycles. The van der Waals surface area contributed by atoms with Crippen molar-refractivity contribution in [2.24, 2.45) is 22.4 Å². The van der Waals surface area contributed by atoms with Gasteiger partial charge < -0.3 is 9.94 Å². The smallest absolute Gasteiger partial charge is 0.307 e. The lowest BCUT2D eigenvalue weighted by atomic mass is 10.1. The normalized spacial score (nSPS) is 28.1. The van der Waals surface area contributed by atoms with E-state index in [9.17, 15) is 4.79 Å². The van der Waals surface area contributed by atoms with Crippen LogP contribution in [0.2, 0.25) is 0 Å². The number of hydrogen-bond acceptors (Lipinski definition) is 3. The molecule has 16 heavy (non-hydrogen) atoms. The van der Waals surface area contributed by atoms with Crippen LogP contribution in [0, 0.1) is 17.3 Å². The van der Waals surface area contributed by atoms with Crippen LogP contribution < -0.4 is 0 Å². The van der Waals surface area contributed by atoms with Crippen LogP contribution in [0.3, 0.4) is 0 Å². The summed E-state index contributed by atoms with van der Waals surface area (Å²) in [6.45, 7) is 8.24. The van der Waals surface area contributed by atoms with Gasteiger partial charge in [0.15, 0.2) is 0 Å². The van der Waals surface area contributed by atoms with Crippen molar-refractivity contribution in [3.05, 3.63) is 11.6 Å². The Kier molecular flexibility index (Phi) is 3.73. The van der Waals surface area contributed by atoms with Crippen molar-refractivity contribution in [3.63, 3.8) is 0 Å². The van der Waals surface area contributed by atoms with Crippen LogP contribution in [-0.2, 0) is 9.63 Å². The highest BCUT2D eigenvalue weighted by Crippen LogP contribution is 2.59. The molecule has 90 valence electrons. The van der Waals surface area contributed by atoms with E-state index in [0.717, 1.165) is 5.57 Å². The summed E-state index contributed by atoms with van der Waals surface area (Å²) in [5.41, 5.74) is 0.794. The first-order valence-electron chi connectivity index (χ1n) is 5.47. The molecule has 0 bridgehead atoms. The molecule has 1 saturated carbocycles. The number of rotatable bonds is 5. The van der Waals surface area contributed by atoms with Gasteiger partial charge in [0.2, 0.25) is 0 Å². The van der Waals surface area contributed by atoms with Crippen LogP contribution in [0.15, 0.2) is 16.8 Å². The first-order valence-corrected chi connectivity index (χ1v) is 5.47. The lowest BCUT2D eigenvalue weighted by Gasteiger charge is -1.97. The zero-order chi connectivity index (χ0) is 12.3. The van der Waals surface area contributed by atoms with E-state index >= 15 is 0 Å². The van der Waals surface area contributed by atoms with Gasteiger partial charge in [0.1, 0.15) is 6.61 Å². The Labute approximate surface area is 96.0 Å². The fourth-order valence-electron chi connectivity index (χ4n) is 1.98. The molecule has 1 rings (SSSR count). The van der Waals surface area contributed by atoms with E-state index in [1.54, 1.807) is 6.21 Å². The summed E-state index contributed by atoms with van der Waals surface area (Å²) in [7, 11) is 0. The molecule has 0 aromatic rings. The molecule has 0 aromatic carbocycles. The van der Waals surface area contributed by atoms with E-state index in [2.05, 4.69) is 5.16 Å². The summed E-state index contributed by atoms with van der Waals surface area (Å²) in [6.07, 6.45) is 3.58. The van der Waals surface area contributed by atoms with Gasteiger partial charge in [-0.05, 0) is 30.8 Å². The number of oxime groups is 1. The minimum Gasteiger partial charge on any atom is -0.481 e. The molecule has 0 saturated heterocycles. The van der Waals surface area contributed by atoms with Gasteiger partial charge >= 0.3 is 5.97 Å². The van der Waals surface area contributed by atoms with Crippen LogP contribution in [0.5, 0.6) is 0 Å². The third-order valence-electron chi connectivity index (χ3n) is 3.08. The molecule has 0 heterocycles. The van der Waals surface area contributed by atoms with Crippen LogP contribution in [0.4, 0.5) is 0 Å². The maximum absolute atomic E-state index is 10.9. The molecule has 0 aromatic heterocycles. The van der Waals surface area contributed by atoms with Crippen molar-refractivity contribution in [3.8, 4) is 0 Å². The van der Waals surface area contributed by atoms with E-state index in [1.807, 2.05) is 33.8 Å². The van der Waals surface area contributed by atoms with Gasteiger partial charge in [-0.2, -0.15) is 0 Å². The fourth-order valence-corrected chi connectivity index (χ4v) is 1.98. The quantitative estimate of drug-likeness (QED) is 0.577. The van der Waals surface area contributed by atoms with Gasteiger partial charge in [0.25, 0.3) is 0 Å². The first kappa shape index (κ1) is 12.7. The lowest BCUT2D eigenvalue weighted by molar-refractivity contribution is -0.139. The fraction of sp³-hybridized carbons (Fsp3) is 0.667. The van der Waals surface area contributed by atoms with Gasteiger partial charge in [-0.1, -0.05) is 25.1 Å². The van der Waals surface area contributed by atoms with Crippen molar-refractivity contribution in [1.82, 2.24) is 0 Å². The zero-order valence-corrected chi connectivity index (χ0v) is 10.2. The molecule has 0 amide bonds. The van der Waals surface area contributed by atoms with Crippen LogP contribution >= 0.6 is 0 Å². The number of carboxylic acids is 1. The summed E-state index contributed by atoms with van der Waals surface area (Å²) in [6, 6.07) is 0.